The summed E-state index contributed by atoms with van der Waals surface area (Å²) in [6.45, 7) is 6.74. The van der Waals surface area contributed by atoms with Gasteiger partial charge in [-0.1, -0.05) is 59.6 Å². The van der Waals surface area contributed by atoms with Crippen LogP contribution in [0.15, 0.2) is 72.8 Å². The Kier molecular flexibility index (Phi) is 9.18. The second-order valence-electron chi connectivity index (χ2n) is 9.39. The van der Waals surface area contributed by atoms with E-state index in [1.165, 1.54) is 11.0 Å². The molecule has 0 heterocycles. The fraction of sp³-hybridized carbons (Fsp3) is 0.250. The van der Waals surface area contributed by atoms with Crippen molar-refractivity contribution < 1.29 is 19.1 Å². The van der Waals surface area contributed by atoms with Gasteiger partial charge in [0.1, 0.15) is 5.60 Å². The summed E-state index contributed by atoms with van der Waals surface area (Å²) < 4.78 is 5.68. The molecule has 0 aliphatic rings. The van der Waals surface area contributed by atoms with Crippen LogP contribution < -0.4 is 15.5 Å². The number of hydrogen-bond acceptors (Lipinski definition) is 4. The van der Waals surface area contributed by atoms with Gasteiger partial charge in [-0.3, -0.25) is 9.69 Å². The van der Waals surface area contributed by atoms with Crippen molar-refractivity contribution in [3.8, 4) is 0 Å². The molecule has 0 saturated heterocycles. The van der Waals surface area contributed by atoms with Gasteiger partial charge in [-0.25, -0.2) is 9.59 Å². The Hall–Kier alpha value is -3.55. The molecule has 3 aromatic rings. The minimum Gasteiger partial charge on any atom is -0.458 e. The molecule has 3 aromatic carbocycles. The molecule has 0 aromatic heterocycles. The van der Waals surface area contributed by atoms with Crippen LogP contribution in [0.1, 0.15) is 37.9 Å². The van der Waals surface area contributed by atoms with Gasteiger partial charge in [-0.2, -0.15) is 0 Å². The first-order valence-electron chi connectivity index (χ1n) is 11.6. The number of urea groups is 1. The van der Waals surface area contributed by atoms with Crippen molar-refractivity contribution in [2.24, 2.45) is 0 Å². The number of hydrogen-bond donors (Lipinski definition) is 2. The number of nitrogens with one attached hydrogen (secondary N) is 2. The Bertz CT molecular complexity index is 1280. The van der Waals surface area contributed by atoms with Crippen LogP contribution in [0.4, 0.5) is 16.2 Å². The molecule has 1 atom stereocenters. The van der Waals surface area contributed by atoms with E-state index in [1.54, 1.807) is 75.4 Å². The third-order valence-electron chi connectivity index (χ3n) is 5.13. The first-order valence-corrected chi connectivity index (χ1v) is 12.4. The number of benzene rings is 3. The highest BCUT2D eigenvalue weighted by Crippen LogP contribution is 2.33. The van der Waals surface area contributed by atoms with Gasteiger partial charge in [0, 0.05) is 11.4 Å². The van der Waals surface area contributed by atoms with Gasteiger partial charge in [0.05, 0.1) is 16.6 Å². The Morgan fingerprint density at radius 3 is 2.24 bits per heavy atom. The molecule has 0 aliphatic carbocycles. The lowest BCUT2D eigenvalue weighted by molar-refractivity contribution is -0.157. The van der Waals surface area contributed by atoms with Gasteiger partial charge in [-0.15, -0.1) is 0 Å². The number of carbonyl (C=O) groups excluding carboxylic acids is 3. The maximum absolute atomic E-state index is 13.6. The zero-order valence-corrected chi connectivity index (χ0v) is 22.6. The first kappa shape index (κ1) is 28.0. The molecule has 1 unspecified atom stereocenters. The lowest BCUT2D eigenvalue weighted by Crippen LogP contribution is -2.46. The highest BCUT2D eigenvalue weighted by atomic mass is 35.5. The Morgan fingerprint density at radius 2 is 1.62 bits per heavy atom. The lowest BCUT2D eigenvalue weighted by Gasteiger charge is -2.33. The maximum Gasteiger partial charge on any atom is 0.334 e. The SMILES string of the molecule is Cc1cccc(NC(=O)NCC(=O)N(c2ccccc2)C(C(=O)OC(C)(C)C)c2ccc(Cl)c(Cl)c2)c1. The second-order valence-corrected chi connectivity index (χ2v) is 10.2. The lowest BCUT2D eigenvalue weighted by atomic mass is 10.0. The van der Waals surface area contributed by atoms with Gasteiger partial charge in [0.2, 0.25) is 5.91 Å². The van der Waals surface area contributed by atoms with Crippen LogP contribution >= 0.6 is 23.2 Å². The average Bonchev–Trinajstić information content (AvgIpc) is 2.82. The van der Waals surface area contributed by atoms with Crippen LogP contribution in [0.2, 0.25) is 10.0 Å². The van der Waals surface area contributed by atoms with E-state index in [1.807, 2.05) is 19.1 Å². The highest BCUT2D eigenvalue weighted by Gasteiger charge is 2.36. The Labute approximate surface area is 226 Å². The van der Waals surface area contributed by atoms with Crippen molar-refractivity contribution in [1.29, 1.82) is 0 Å². The summed E-state index contributed by atoms with van der Waals surface area (Å²) in [6, 6.07) is 18.9. The van der Waals surface area contributed by atoms with Crippen LogP contribution in [0.3, 0.4) is 0 Å². The number of para-hydroxylation sites is 1. The number of amides is 3. The van der Waals surface area contributed by atoms with Gasteiger partial charge >= 0.3 is 12.0 Å². The number of anilines is 2. The molecule has 0 bridgehead atoms. The third kappa shape index (κ3) is 7.97. The number of carbonyl (C=O) groups is 3. The number of esters is 1. The van der Waals surface area contributed by atoms with E-state index in [-0.39, 0.29) is 11.6 Å². The topological polar surface area (TPSA) is 87.7 Å². The normalized spacial score (nSPS) is 11.8. The zero-order valence-electron chi connectivity index (χ0n) is 21.0. The van der Waals surface area contributed by atoms with E-state index >= 15 is 0 Å². The monoisotopic (exact) mass is 541 g/mol. The van der Waals surface area contributed by atoms with Crippen molar-refractivity contribution in [2.45, 2.75) is 39.3 Å². The fourth-order valence-electron chi connectivity index (χ4n) is 3.60. The van der Waals surface area contributed by atoms with Crippen molar-refractivity contribution in [3.05, 3.63) is 94.0 Å². The summed E-state index contributed by atoms with van der Waals surface area (Å²) >= 11 is 12.4. The van der Waals surface area contributed by atoms with Crippen LogP contribution in [-0.4, -0.2) is 30.1 Å². The molecular weight excluding hydrogens is 513 g/mol. The number of halogens is 2. The van der Waals surface area contributed by atoms with Crippen LogP contribution in [0.25, 0.3) is 0 Å². The van der Waals surface area contributed by atoms with E-state index in [2.05, 4.69) is 10.6 Å². The molecule has 0 fully saturated rings. The standard InChI is InChI=1S/C28H29Cl2N3O4/c1-18-9-8-10-20(15-18)32-27(36)31-17-24(34)33(21-11-6-5-7-12-21)25(26(35)37-28(2,3)4)19-13-14-22(29)23(30)16-19/h5-16,25H,17H2,1-4H3,(H2,31,32,36). The molecule has 3 rings (SSSR count). The van der Waals surface area contributed by atoms with E-state index in [4.69, 9.17) is 27.9 Å². The number of aryl methyl sites for hydroxylation is 1. The van der Waals surface area contributed by atoms with E-state index in [9.17, 15) is 14.4 Å². The number of nitrogens with zero attached hydrogens (tertiary/aromatic N) is 1. The maximum atomic E-state index is 13.6. The smallest absolute Gasteiger partial charge is 0.334 e. The van der Waals surface area contributed by atoms with Crippen molar-refractivity contribution >= 4 is 52.5 Å². The largest absolute Gasteiger partial charge is 0.458 e. The molecule has 0 aliphatic heterocycles. The molecule has 0 spiro atoms. The van der Waals surface area contributed by atoms with E-state index in [0.29, 0.717) is 22.0 Å². The average molecular weight is 542 g/mol. The number of ether oxygens (including phenoxy) is 1. The van der Waals surface area contributed by atoms with Crippen molar-refractivity contribution in [1.82, 2.24) is 5.32 Å². The minimum atomic E-state index is -1.19. The summed E-state index contributed by atoms with van der Waals surface area (Å²) in [4.78, 5) is 40.9. The van der Waals surface area contributed by atoms with Crippen LogP contribution in [0.5, 0.6) is 0 Å². The summed E-state index contributed by atoms with van der Waals surface area (Å²) in [7, 11) is 0. The zero-order chi connectivity index (χ0) is 27.2. The van der Waals surface area contributed by atoms with Crippen LogP contribution in [-0.2, 0) is 14.3 Å². The van der Waals surface area contributed by atoms with E-state index < -0.39 is 29.6 Å². The van der Waals surface area contributed by atoms with Gasteiger partial charge in [0.15, 0.2) is 6.04 Å². The molecular formula is C28H29Cl2N3O4. The Morgan fingerprint density at radius 1 is 0.919 bits per heavy atom. The summed E-state index contributed by atoms with van der Waals surface area (Å²) in [5, 5.41) is 5.81. The summed E-state index contributed by atoms with van der Waals surface area (Å²) in [5.41, 5.74) is 1.60. The summed E-state index contributed by atoms with van der Waals surface area (Å²) in [6.07, 6.45) is 0. The van der Waals surface area contributed by atoms with Crippen LogP contribution in [0, 0.1) is 6.92 Å². The molecule has 3 amide bonds. The quantitative estimate of drug-likeness (QED) is 0.332. The molecule has 9 heteroatoms. The van der Waals surface area contributed by atoms with Crippen molar-refractivity contribution in [3.63, 3.8) is 0 Å². The van der Waals surface area contributed by atoms with Crippen molar-refractivity contribution in [2.75, 3.05) is 16.8 Å². The predicted molar refractivity (Wildman–Crippen MR) is 147 cm³/mol. The van der Waals surface area contributed by atoms with Gasteiger partial charge < -0.3 is 15.4 Å². The summed E-state index contributed by atoms with van der Waals surface area (Å²) in [5.74, 6) is -1.19. The van der Waals surface area contributed by atoms with Gasteiger partial charge in [0.25, 0.3) is 0 Å². The van der Waals surface area contributed by atoms with E-state index in [0.717, 1.165) is 5.56 Å². The molecule has 0 radical (unpaired) electrons. The third-order valence-corrected chi connectivity index (χ3v) is 5.87. The molecule has 0 saturated carbocycles. The molecule has 194 valence electrons. The second kappa shape index (κ2) is 12.1. The molecule has 2 N–H and O–H groups in total. The molecule has 7 nitrogen and oxygen atoms in total. The van der Waals surface area contributed by atoms with Gasteiger partial charge in [-0.05, 0) is 75.2 Å². The first-order chi connectivity index (χ1) is 17.4. The highest BCUT2D eigenvalue weighted by molar-refractivity contribution is 6.42. The molecule has 37 heavy (non-hydrogen) atoms. The predicted octanol–water partition coefficient (Wildman–Crippen LogP) is 6.54. The number of rotatable bonds is 7. The fourth-order valence-corrected chi connectivity index (χ4v) is 3.90. The Balaban J connectivity index is 1.94. The minimum absolute atomic E-state index is 0.226.